The van der Waals surface area contributed by atoms with E-state index in [4.69, 9.17) is 9.72 Å². The van der Waals surface area contributed by atoms with Crippen molar-refractivity contribution in [2.45, 2.75) is 57.0 Å². The number of aryl methyl sites for hydroxylation is 1. The summed E-state index contributed by atoms with van der Waals surface area (Å²) in [6.07, 6.45) is 7.38. The molecule has 1 N–H and O–H groups in total. The van der Waals surface area contributed by atoms with Crippen molar-refractivity contribution in [2.75, 3.05) is 20.2 Å². The average Bonchev–Trinajstić information content (AvgIpc) is 2.80. The largest absolute Gasteiger partial charge is 0.371 e. The highest BCUT2D eigenvalue weighted by molar-refractivity contribution is 7.11. The van der Waals surface area contributed by atoms with Crippen molar-refractivity contribution in [3.63, 3.8) is 0 Å². The predicted octanol–water partition coefficient (Wildman–Crippen LogP) is 3.20. The smallest absolute Gasteiger partial charge is 0.125 e. The SMILES string of the molecule is CCNCC1CCCc2sc(C3(OC)CCC3)nc21. The zero-order chi connectivity index (χ0) is 13.3. The molecule has 0 aromatic carbocycles. The van der Waals surface area contributed by atoms with E-state index < -0.39 is 0 Å². The molecule has 1 fully saturated rings. The first kappa shape index (κ1) is 13.5. The van der Waals surface area contributed by atoms with Crippen molar-refractivity contribution in [2.24, 2.45) is 0 Å². The third-order valence-corrected chi connectivity index (χ3v) is 5.97. The molecule has 0 bridgehead atoms. The Kier molecular flexibility index (Phi) is 3.92. The van der Waals surface area contributed by atoms with Gasteiger partial charge in [-0.1, -0.05) is 6.92 Å². The first-order chi connectivity index (χ1) is 9.29. The van der Waals surface area contributed by atoms with Crippen LogP contribution in [0.3, 0.4) is 0 Å². The lowest BCUT2D eigenvalue weighted by Crippen LogP contribution is -2.36. The first-order valence-corrected chi connectivity index (χ1v) is 8.36. The van der Waals surface area contributed by atoms with Gasteiger partial charge in [0.1, 0.15) is 10.6 Å². The molecule has 3 nitrogen and oxygen atoms in total. The van der Waals surface area contributed by atoms with Gasteiger partial charge in [0.25, 0.3) is 0 Å². The maximum absolute atomic E-state index is 5.79. The van der Waals surface area contributed by atoms with E-state index in [9.17, 15) is 0 Å². The second-order valence-electron chi connectivity index (χ2n) is 5.78. The number of thiazole rings is 1. The second-order valence-corrected chi connectivity index (χ2v) is 6.86. The van der Waals surface area contributed by atoms with Gasteiger partial charge < -0.3 is 10.1 Å². The maximum atomic E-state index is 5.79. The van der Waals surface area contributed by atoms with Crippen LogP contribution in [0.5, 0.6) is 0 Å². The molecule has 0 radical (unpaired) electrons. The number of ether oxygens (including phenoxy) is 1. The van der Waals surface area contributed by atoms with E-state index in [1.54, 1.807) is 0 Å². The highest BCUT2D eigenvalue weighted by Gasteiger charge is 2.42. The van der Waals surface area contributed by atoms with E-state index in [-0.39, 0.29) is 5.60 Å². The molecule has 1 aromatic heterocycles. The molecule has 106 valence electrons. The van der Waals surface area contributed by atoms with E-state index in [2.05, 4.69) is 12.2 Å². The number of hydrogen-bond acceptors (Lipinski definition) is 4. The summed E-state index contributed by atoms with van der Waals surface area (Å²) < 4.78 is 5.79. The second kappa shape index (κ2) is 5.51. The van der Waals surface area contributed by atoms with Gasteiger partial charge >= 0.3 is 0 Å². The van der Waals surface area contributed by atoms with E-state index in [0.717, 1.165) is 25.9 Å². The van der Waals surface area contributed by atoms with E-state index in [0.29, 0.717) is 5.92 Å². The van der Waals surface area contributed by atoms with Gasteiger partial charge in [-0.2, -0.15) is 0 Å². The average molecular weight is 280 g/mol. The first-order valence-electron chi connectivity index (χ1n) is 7.55. The van der Waals surface area contributed by atoms with E-state index >= 15 is 0 Å². The fourth-order valence-electron chi connectivity index (χ4n) is 3.22. The molecule has 3 rings (SSSR count). The van der Waals surface area contributed by atoms with Gasteiger partial charge in [0.15, 0.2) is 0 Å². The summed E-state index contributed by atoms with van der Waals surface area (Å²) in [5.74, 6) is 0.614. The Morgan fingerprint density at radius 2 is 2.26 bits per heavy atom. The summed E-state index contributed by atoms with van der Waals surface area (Å²) >= 11 is 1.92. The van der Waals surface area contributed by atoms with Crippen molar-refractivity contribution in [1.82, 2.24) is 10.3 Å². The van der Waals surface area contributed by atoms with Crippen molar-refractivity contribution >= 4 is 11.3 Å². The molecule has 1 heterocycles. The van der Waals surface area contributed by atoms with Crippen LogP contribution in [-0.4, -0.2) is 25.2 Å². The zero-order valence-electron chi connectivity index (χ0n) is 12.0. The molecule has 1 aromatic rings. The summed E-state index contributed by atoms with van der Waals surface area (Å²) in [6.45, 7) is 4.29. The lowest BCUT2D eigenvalue weighted by molar-refractivity contribution is -0.0780. The molecular formula is C15H24N2OS. The van der Waals surface area contributed by atoms with Crippen LogP contribution >= 0.6 is 11.3 Å². The molecule has 0 saturated heterocycles. The Bertz CT molecular complexity index is 434. The van der Waals surface area contributed by atoms with Crippen molar-refractivity contribution < 1.29 is 4.74 Å². The topological polar surface area (TPSA) is 34.1 Å². The van der Waals surface area contributed by atoms with Crippen LogP contribution in [0.2, 0.25) is 0 Å². The van der Waals surface area contributed by atoms with Crippen LogP contribution in [0.15, 0.2) is 0 Å². The minimum absolute atomic E-state index is 0.0370. The quantitative estimate of drug-likeness (QED) is 0.899. The number of nitrogens with zero attached hydrogens (tertiary/aromatic N) is 1. The van der Waals surface area contributed by atoms with Crippen LogP contribution in [0.4, 0.5) is 0 Å². The number of rotatable bonds is 5. The Morgan fingerprint density at radius 1 is 1.42 bits per heavy atom. The fraction of sp³-hybridized carbons (Fsp3) is 0.800. The number of fused-ring (bicyclic) bond motifs is 1. The lowest BCUT2D eigenvalue weighted by atomic mass is 9.80. The normalized spacial score (nSPS) is 24.8. The number of hydrogen-bond donors (Lipinski definition) is 1. The molecule has 19 heavy (non-hydrogen) atoms. The van der Waals surface area contributed by atoms with Crippen LogP contribution in [0.25, 0.3) is 0 Å². The maximum Gasteiger partial charge on any atom is 0.125 e. The summed E-state index contributed by atoms with van der Waals surface area (Å²) in [7, 11) is 1.84. The van der Waals surface area contributed by atoms with Crippen LogP contribution in [0.1, 0.15) is 60.5 Å². The van der Waals surface area contributed by atoms with Crippen LogP contribution < -0.4 is 5.32 Å². The fourth-order valence-corrected chi connectivity index (χ4v) is 4.64. The van der Waals surface area contributed by atoms with Crippen molar-refractivity contribution in [3.05, 3.63) is 15.6 Å². The van der Waals surface area contributed by atoms with Gasteiger partial charge in [0.05, 0.1) is 5.69 Å². The van der Waals surface area contributed by atoms with Gasteiger partial charge in [0, 0.05) is 24.4 Å². The molecule has 1 unspecified atom stereocenters. The molecule has 1 atom stereocenters. The summed E-state index contributed by atoms with van der Waals surface area (Å²) in [5.41, 5.74) is 1.33. The van der Waals surface area contributed by atoms with Crippen LogP contribution in [0, 0.1) is 0 Å². The molecule has 0 spiro atoms. The Morgan fingerprint density at radius 3 is 2.89 bits per heavy atom. The predicted molar refractivity (Wildman–Crippen MR) is 78.9 cm³/mol. The Labute approximate surface area is 119 Å². The van der Waals surface area contributed by atoms with Crippen molar-refractivity contribution in [1.29, 1.82) is 0 Å². The minimum Gasteiger partial charge on any atom is -0.371 e. The highest BCUT2D eigenvalue weighted by Crippen LogP contribution is 2.48. The molecule has 2 aliphatic rings. The molecule has 2 aliphatic carbocycles. The van der Waals surface area contributed by atoms with E-state index in [1.807, 2.05) is 18.4 Å². The number of aromatic nitrogens is 1. The van der Waals surface area contributed by atoms with Crippen LogP contribution in [-0.2, 0) is 16.8 Å². The monoisotopic (exact) mass is 280 g/mol. The van der Waals surface area contributed by atoms with Crippen molar-refractivity contribution in [3.8, 4) is 0 Å². The lowest BCUT2D eigenvalue weighted by Gasteiger charge is -2.38. The Hall–Kier alpha value is -0.450. The summed E-state index contributed by atoms with van der Waals surface area (Å²) in [6, 6.07) is 0. The van der Waals surface area contributed by atoms with E-state index in [1.165, 1.54) is 41.3 Å². The minimum atomic E-state index is -0.0370. The van der Waals surface area contributed by atoms with Gasteiger partial charge in [-0.25, -0.2) is 4.98 Å². The third-order valence-electron chi connectivity index (χ3n) is 4.65. The number of nitrogens with one attached hydrogen (secondary N) is 1. The number of likely N-dealkylation sites (N-methyl/N-ethyl adjacent to an activating group) is 1. The van der Waals surface area contributed by atoms with Gasteiger partial charge in [0.2, 0.25) is 0 Å². The summed E-state index contributed by atoms with van der Waals surface area (Å²) in [4.78, 5) is 6.52. The van der Waals surface area contributed by atoms with Gasteiger partial charge in [-0.3, -0.25) is 0 Å². The number of methoxy groups -OCH3 is 1. The zero-order valence-corrected chi connectivity index (χ0v) is 12.8. The Balaban J connectivity index is 1.84. The molecule has 0 aliphatic heterocycles. The molecule has 4 heteroatoms. The third kappa shape index (κ3) is 2.34. The molecule has 0 amide bonds. The van der Waals surface area contributed by atoms with Gasteiger partial charge in [-0.15, -0.1) is 11.3 Å². The standard InChI is InChI=1S/C15H24N2OS/c1-3-16-10-11-6-4-7-12-13(11)17-14(19-12)15(18-2)8-5-9-15/h11,16H,3-10H2,1-2H3. The molecular weight excluding hydrogens is 256 g/mol. The summed E-state index contributed by atoms with van der Waals surface area (Å²) in [5, 5.41) is 4.73. The highest BCUT2D eigenvalue weighted by atomic mass is 32.1. The molecule has 1 saturated carbocycles. The van der Waals surface area contributed by atoms with Gasteiger partial charge in [-0.05, 0) is 45.1 Å².